The maximum absolute atomic E-state index is 5.21. The monoisotopic (exact) mass is 263 g/mol. The van der Waals surface area contributed by atoms with E-state index in [1.807, 2.05) is 0 Å². The molecule has 0 saturated heterocycles. The summed E-state index contributed by atoms with van der Waals surface area (Å²) in [6, 6.07) is 11.3. The fourth-order valence-electron chi connectivity index (χ4n) is 2.65. The lowest BCUT2D eigenvalue weighted by Crippen LogP contribution is -2.32. The van der Waals surface area contributed by atoms with Crippen LogP contribution in [0.1, 0.15) is 45.2 Å². The molecule has 108 valence electrons. The Balaban J connectivity index is 2.70. The predicted molar refractivity (Wildman–Crippen MR) is 82.3 cm³/mol. The highest BCUT2D eigenvalue weighted by atomic mass is 16.5. The van der Waals surface area contributed by atoms with Crippen LogP contribution >= 0.6 is 0 Å². The largest absolute Gasteiger partial charge is 0.384 e. The van der Waals surface area contributed by atoms with Crippen molar-refractivity contribution < 1.29 is 4.74 Å². The first-order valence-corrected chi connectivity index (χ1v) is 7.50. The molecule has 0 saturated carbocycles. The van der Waals surface area contributed by atoms with E-state index < -0.39 is 0 Å². The molecule has 0 aliphatic rings. The van der Waals surface area contributed by atoms with E-state index in [-0.39, 0.29) is 0 Å². The second-order valence-electron chi connectivity index (χ2n) is 5.43. The average molecular weight is 263 g/mol. The van der Waals surface area contributed by atoms with E-state index in [0.29, 0.717) is 17.9 Å². The maximum Gasteiger partial charge on any atom is 0.0499 e. The van der Waals surface area contributed by atoms with Crippen molar-refractivity contribution >= 4 is 0 Å². The smallest absolute Gasteiger partial charge is 0.0499 e. The van der Waals surface area contributed by atoms with Crippen LogP contribution in [0, 0.1) is 11.8 Å². The molecule has 1 aromatic rings. The van der Waals surface area contributed by atoms with E-state index in [2.05, 4.69) is 56.4 Å². The van der Waals surface area contributed by atoms with Crippen LogP contribution in [0.4, 0.5) is 0 Å². The van der Waals surface area contributed by atoms with Crippen LogP contribution in [0.25, 0.3) is 0 Å². The molecule has 0 radical (unpaired) electrons. The molecule has 0 spiro atoms. The summed E-state index contributed by atoms with van der Waals surface area (Å²) in [5.41, 5.74) is 1.40. The van der Waals surface area contributed by atoms with Gasteiger partial charge in [-0.05, 0) is 17.4 Å². The minimum absolute atomic E-state index is 0.454. The number of benzene rings is 1. The molecule has 2 atom stereocenters. The van der Waals surface area contributed by atoms with E-state index in [4.69, 9.17) is 4.74 Å². The van der Waals surface area contributed by atoms with Crippen LogP contribution in [-0.2, 0) is 4.74 Å². The van der Waals surface area contributed by atoms with Crippen molar-refractivity contribution in [2.75, 3.05) is 20.3 Å². The fourth-order valence-corrected chi connectivity index (χ4v) is 2.65. The molecule has 0 aliphatic heterocycles. The predicted octanol–water partition coefficient (Wildman–Crippen LogP) is 4.04. The van der Waals surface area contributed by atoms with Crippen molar-refractivity contribution in [2.45, 2.75) is 39.7 Å². The summed E-state index contributed by atoms with van der Waals surface area (Å²) in [5.74, 6) is 1.24. The zero-order valence-corrected chi connectivity index (χ0v) is 12.9. The third kappa shape index (κ3) is 5.33. The summed E-state index contributed by atoms with van der Waals surface area (Å²) in [6.07, 6.45) is 2.42. The number of hydrogen-bond donors (Lipinski definition) is 1. The van der Waals surface area contributed by atoms with Crippen molar-refractivity contribution in [1.82, 2.24) is 5.32 Å². The number of rotatable bonds is 9. The number of nitrogens with one attached hydrogen (secondary N) is 1. The summed E-state index contributed by atoms with van der Waals surface area (Å²) in [6.45, 7) is 8.61. The number of ether oxygens (including phenoxy) is 1. The summed E-state index contributed by atoms with van der Waals surface area (Å²) in [5, 5.41) is 3.74. The van der Waals surface area contributed by atoms with Gasteiger partial charge in [-0.25, -0.2) is 0 Å². The van der Waals surface area contributed by atoms with E-state index in [0.717, 1.165) is 13.2 Å². The topological polar surface area (TPSA) is 21.3 Å². The first-order chi connectivity index (χ1) is 9.22. The Morgan fingerprint density at radius 2 is 1.74 bits per heavy atom. The average Bonchev–Trinajstić information content (AvgIpc) is 2.44. The SMILES string of the molecule is CCC(CC)C(NCC(C)COC)c1ccccc1. The van der Waals surface area contributed by atoms with Gasteiger partial charge in [0.1, 0.15) is 0 Å². The van der Waals surface area contributed by atoms with Crippen molar-refractivity contribution in [3.63, 3.8) is 0 Å². The molecular formula is C17H29NO. The van der Waals surface area contributed by atoms with Gasteiger partial charge in [-0.15, -0.1) is 0 Å². The molecule has 1 N–H and O–H groups in total. The number of hydrogen-bond acceptors (Lipinski definition) is 2. The highest BCUT2D eigenvalue weighted by Crippen LogP contribution is 2.27. The van der Waals surface area contributed by atoms with Crippen LogP contribution in [0.5, 0.6) is 0 Å². The third-order valence-electron chi connectivity index (χ3n) is 3.82. The van der Waals surface area contributed by atoms with Gasteiger partial charge in [-0.3, -0.25) is 0 Å². The van der Waals surface area contributed by atoms with Crippen molar-refractivity contribution in [3.8, 4) is 0 Å². The molecule has 0 aromatic heterocycles. The van der Waals surface area contributed by atoms with Gasteiger partial charge in [0.15, 0.2) is 0 Å². The Morgan fingerprint density at radius 1 is 1.11 bits per heavy atom. The molecule has 0 bridgehead atoms. The van der Waals surface area contributed by atoms with E-state index >= 15 is 0 Å². The van der Waals surface area contributed by atoms with Gasteiger partial charge in [0.25, 0.3) is 0 Å². The second-order valence-corrected chi connectivity index (χ2v) is 5.43. The Labute approximate surface area is 118 Å². The van der Waals surface area contributed by atoms with E-state index in [1.165, 1.54) is 18.4 Å². The highest BCUT2D eigenvalue weighted by Gasteiger charge is 2.20. The minimum atomic E-state index is 0.454. The highest BCUT2D eigenvalue weighted by molar-refractivity contribution is 5.19. The minimum Gasteiger partial charge on any atom is -0.384 e. The van der Waals surface area contributed by atoms with Crippen molar-refractivity contribution in [3.05, 3.63) is 35.9 Å². The zero-order chi connectivity index (χ0) is 14.1. The van der Waals surface area contributed by atoms with Crippen LogP contribution in [-0.4, -0.2) is 20.3 Å². The molecule has 2 unspecified atom stereocenters. The Hall–Kier alpha value is -0.860. The van der Waals surface area contributed by atoms with Crippen LogP contribution in [0.3, 0.4) is 0 Å². The van der Waals surface area contributed by atoms with Crippen LogP contribution in [0.15, 0.2) is 30.3 Å². The third-order valence-corrected chi connectivity index (χ3v) is 3.82. The van der Waals surface area contributed by atoms with E-state index in [1.54, 1.807) is 7.11 Å². The summed E-state index contributed by atoms with van der Waals surface area (Å²) < 4.78 is 5.21. The second kappa shape index (κ2) is 9.11. The van der Waals surface area contributed by atoms with Gasteiger partial charge < -0.3 is 10.1 Å². The summed E-state index contributed by atoms with van der Waals surface area (Å²) in [4.78, 5) is 0. The molecule has 0 aliphatic carbocycles. The molecule has 2 nitrogen and oxygen atoms in total. The zero-order valence-electron chi connectivity index (χ0n) is 12.9. The van der Waals surface area contributed by atoms with Gasteiger partial charge in [0.2, 0.25) is 0 Å². The molecule has 19 heavy (non-hydrogen) atoms. The standard InChI is InChI=1S/C17H29NO/c1-5-15(6-2)17(16-10-8-7-9-11-16)18-12-14(3)13-19-4/h7-11,14-15,17-18H,5-6,12-13H2,1-4H3. The Morgan fingerprint density at radius 3 is 2.26 bits per heavy atom. The Bertz CT molecular complexity index is 321. The summed E-state index contributed by atoms with van der Waals surface area (Å²) in [7, 11) is 1.77. The normalized spacial score (nSPS) is 14.6. The summed E-state index contributed by atoms with van der Waals surface area (Å²) >= 11 is 0. The van der Waals surface area contributed by atoms with Gasteiger partial charge in [-0.2, -0.15) is 0 Å². The lowest BCUT2D eigenvalue weighted by molar-refractivity contribution is 0.154. The lowest BCUT2D eigenvalue weighted by Gasteiger charge is -2.28. The van der Waals surface area contributed by atoms with Gasteiger partial charge in [-0.1, -0.05) is 63.9 Å². The first-order valence-electron chi connectivity index (χ1n) is 7.50. The van der Waals surface area contributed by atoms with Crippen LogP contribution < -0.4 is 5.32 Å². The van der Waals surface area contributed by atoms with Gasteiger partial charge >= 0.3 is 0 Å². The van der Waals surface area contributed by atoms with Gasteiger partial charge in [0, 0.05) is 26.3 Å². The quantitative estimate of drug-likeness (QED) is 0.726. The van der Waals surface area contributed by atoms with Crippen molar-refractivity contribution in [2.24, 2.45) is 11.8 Å². The van der Waals surface area contributed by atoms with Gasteiger partial charge in [0.05, 0.1) is 0 Å². The van der Waals surface area contributed by atoms with E-state index in [9.17, 15) is 0 Å². The molecule has 0 fully saturated rings. The molecule has 1 rings (SSSR count). The fraction of sp³-hybridized carbons (Fsp3) is 0.647. The first kappa shape index (κ1) is 16.2. The molecule has 0 amide bonds. The molecule has 2 heteroatoms. The number of methoxy groups -OCH3 is 1. The molecular weight excluding hydrogens is 234 g/mol. The lowest BCUT2D eigenvalue weighted by atomic mass is 9.88. The molecule has 1 aromatic carbocycles. The molecule has 0 heterocycles. The Kier molecular flexibility index (Phi) is 7.76. The van der Waals surface area contributed by atoms with Crippen LogP contribution in [0.2, 0.25) is 0 Å². The van der Waals surface area contributed by atoms with Crippen molar-refractivity contribution in [1.29, 1.82) is 0 Å². The maximum atomic E-state index is 5.21.